The number of nitrogens with two attached hydrogens (primary N) is 1. The highest BCUT2D eigenvalue weighted by molar-refractivity contribution is 5.83. The van der Waals surface area contributed by atoms with E-state index in [0.717, 1.165) is 6.54 Å². The lowest BCUT2D eigenvalue weighted by Crippen LogP contribution is -2.51. The first-order valence-electron chi connectivity index (χ1n) is 6.74. The van der Waals surface area contributed by atoms with Gasteiger partial charge in [0.1, 0.15) is 6.04 Å². The predicted octanol–water partition coefficient (Wildman–Crippen LogP) is -1.67. The van der Waals surface area contributed by atoms with Crippen LogP contribution in [0.15, 0.2) is 0 Å². The smallest absolute Gasteiger partial charge is 0.326 e. The first kappa shape index (κ1) is 17.2. The molecule has 0 aliphatic carbocycles. The number of ether oxygens (including phenoxy) is 1. The van der Waals surface area contributed by atoms with E-state index in [9.17, 15) is 14.4 Å². The van der Waals surface area contributed by atoms with Crippen molar-refractivity contribution in [3.8, 4) is 0 Å². The van der Waals surface area contributed by atoms with Crippen molar-refractivity contribution in [2.24, 2.45) is 5.73 Å². The van der Waals surface area contributed by atoms with Crippen molar-refractivity contribution in [3.05, 3.63) is 0 Å². The zero-order valence-corrected chi connectivity index (χ0v) is 12.0. The van der Waals surface area contributed by atoms with Crippen molar-refractivity contribution >= 4 is 17.9 Å². The molecule has 9 nitrogen and oxygen atoms in total. The van der Waals surface area contributed by atoms with Crippen molar-refractivity contribution in [1.29, 1.82) is 0 Å². The summed E-state index contributed by atoms with van der Waals surface area (Å²) < 4.78 is 5.47. The minimum Gasteiger partial charge on any atom is -0.480 e. The molecule has 0 spiro atoms. The van der Waals surface area contributed by atoms with Gasteiger partial charge in [0, 0.05) is 26.1 Å². The summed E-state index contributed by atoms with van der Waals surface area (Å²) in [6.07, 6.45) is -0.266. The second-order valence-electron chi connectivity index (χ2n) is 5.01. The fraction of sp³-hybridized carbons (Fsp3) is 0.750. The second-order valence-corrected chi connectivity index (χ2v) is 5.01. The van der Waals surface area contributed by atoms with Gasteiger partial charge in [-0.2, -0.15) is 0 Å². The summed E-state index contributed by atoms with van der Waals surface area (Å²) in [5.41, 5.74) is 4.96. The molecule has 2 unspecified atom stereocenters. The van der Waals surface area contributed by atoms with E-state index in [0.29, 0.717) is 19.7 Å². The molecule has 0 aromatic rings. The van der Waals surface area contributed by atoms with E-state index in [1.807, 2.05) is 7.05 Å². The third-order valence-corrected chi connectivity index (χ3v) is 3.11. The van der Waals surface area contributed by atoms with E-state index in [1.54, 1.807) is 0 Å². The fourth-order valence-electron chi connectivity index (χ4n) is 1.95. The Morgan fingerprint density at radius 3 is 2.76 bits per heavy atom. The number of carbonyl (C=O) groups excluding carboxylic acids is 2. The highest BCUT2D eigenvalue weighted by Crippen LogP contribution is 2.02. The number of rotatable bonds is 7. The number of hydrogen-bond acceptors (Lipinski definition) is 5. The van der Waals surface area contributed by atoms with E-state index in [1.165, 1.54) is 0 Å². The standard InChI is InChI=1S/C12H22N4O5/c1-16-4-5-21-8(7-16)6-14-12(20)15-9(11(18)19)2-3-10(13)17/h8-9H,2-7H2,1H3,(H2,13,17)(H,18,19)(H2,14,15,20). The van der Waals surface area contributed by atoms with Crippen molar-refractivity contribution in [2.45, 2.75) is 25.0 Å². The van der Waals surface area contributed by atoms with Crippen LogP contribution in [0.5, 0.6) is 0 Å². The largest absolute Gasteiger partial charge is 0.480 e. The van der Waals surface area contributed by atoms with Gasteiger partial charge in [0.25, 0.3) is 0 Å². The molecule has 120 valence electrons. The number of carbonyl (C=O) groups is 3. The third kappa shape index (κ3) is 6.91. The molecular formula is C12H22N4O5. The van der Waals surface area contributed by atoms with E-state index in [-0.39, 0.29) is 18.9 Å². The predicted molar refractivity (Wildman–Crippen MR) is 73.6 cm³/mol. The monoisotopic (exact) mass is 302 g/mol. The van der Waals surface area contributed by atoms with Crippen LogP contribution in [-0.4, -0.2) is 73.3 Å². The minimum atomic E-state index is -1.21. The molecular weight excluding hydrogens is 280 g/mol. The van der Waals surface area contributed by atoms with Crippen LogP contribution in [0.1, 0.15) is 12.8 Å². The second kappa shape index (κ2) is 8.42. The summed E-state index contributed by atoms with van der Waals surface area (Å²) in [5.74, 6) is -1.82. The molecule has 9 heteroatoms. The van der Waals surface area contributed by atoms with Gasteiger partial charge in [-0.25, -0.2) is 9.59 Å². The summed E-state index contributed by atoms with van der Waals surface area (Å²) in [4.78, 5) is 35.4. The first-order chi connectivity index (χ1) is 9.88. The maximum atomic E-state index is 11.7. The Bertz CT molecular complexity index is 390. The van der Waals surface area contributed by atoms with Crippen molar-refractivity contribution < 1.29 is 24.2 Å². The number of carboxylic acid groups (broad SMARTS) is 1. The molecule has 1 aliphatic heterocycles. The molecule has 2 atom stereocenters. The van der Waals surface area contributed by atoms with Crippen LogP contribution in [0.4, 0.5) is 4.79 Å². The third-order valence-electron chi connectivity index (χ3n) is 3.11. The Morgan fingerprint density at radius 1 is 1.48 bits per heavy atom. The maximum Gasteiger partial charge on any atom is 0.326 e. The molecule has 21 heavy (non-hydrogen) atoms. The molecule has 5 N–H and O–H groups in total. The number of nitrogens with one attached hydrogen (secondary N) is 2. The van der Waals surface area contributed by atoms with E-state index >= 15 is 0 Å². The zero-order valence-electron chi connectivity index (χ0n) is 12.0. The van der Waals surface area contributed by atoms with Crippen LogP contribution >= 0.6 is 0 Å². The van der Waals surface area contributed by atoms with Crippen LogP contribution in [-0.2, 0) is 14.3 Å². The Balaban J connectivity index is 2.32. The topological polar surface area (TPSA) is 134 Å². The van der Waals surface area contributed by atoms with Gasteiger partial charge in [-0.15, -0.1) is 0 Å². The molecule has 1 saturated heterocycles. The number of carboxylic acids is 1. The number of hydrogen-bond donors (Lipinski definition) is 4. The Labute approximate surface area is 122 Å². The Kier molecular flexibility index (Phi) is 6.89. The molecule has 1 fully saturated rings. The van der Waals surface area contributed by atoms with Gasteiger partial charge in [-0.05, 0) is 13.5 Å². The molecule has 1 heterocycles. The van der Waals surface area contributed by atoms with Gasteiger partial charge in [0.2, 0.25) is 5.91 Å². The fourth-order valence-corrected chi connectivity index (χ4v) is 1.95. The highest BCUT2D eigenvalue weighted by Gasteiger charge is 2.22. The molecule has 0 saturated carbocycles. The summed E-state index contributed by atoms with van der Waals surface area (Å²) in [6, 6.07) is -1.75. The summed E-state index contributed by atoms with van der Waals surface area (Å²) >= 11 is 0. The van der Waals surface area contributed by atoms with E-state index < -0.39 is 23.9 Å². The van der Waals surface area contributed by atoms with E-state index in [4.69, 9.17) is 15.6 Å². The zero-order chi connectivity index (χ0) is 15.8. The van der Waals surface area contributed by atoms with Gasteiger partial charge < -0.3 is 31.1 Å². The number of nitrogens with zero attached hydrogens (tertiary/aromatic N) is 1. The number of morpholine rings is 1. The van der Waals surface area contributed by atoms with E-state index in [2.05, 4.69) is 15.5 Å². The van der Waals surface area contributed by atoms with Crippen molar-refractivity contribution in [1.82, 2.24) is 15.5 Å². The number of primary amides is 1. The van der Waals surface area contributed by atoms with Gasteiger partial charge in [-0.1, -0.05) is 0 Å². The highest BCUT2D eigenvalue weighted by atomic mass is 16.5. The average Bonchev–Trinajstić information content (AvgIpc) is 2.40. The maximum absolute atomic E-state index is 11.7. The van der Waals surface area contributed by atoms with Crippen LogP contribution in [0.2, 0.25) is 0 Å². The summed E-state index contributed by atoms with van der Waals surface area (Å²) in [5, 5.41) is 13.8. The van der Waals surface area contributed by atoms with Crippen LogP contribution in [0.3, 0.4) is 0 Å². The van der Waals surface area contributed by atoms with Crippen LogP contribution in [0, 0.1) is 0 Å². The van der Waals surface area contributed by atoms with Gasteiger partial charge in [0.15, 0.2) is 0 Å². The van der Waals surface area contributed by atoms with Gasteiger partial charge >= 0.3 is 12.0 Å². The lowest BCUT2D eigenvalue weighted by Gasteiger charge is -2.30. The molecule has 1 aliphatic rings. The molecule has 3 amide bonds. The number of urea groups is 1. The summed E-state index contributed by atoms with van der Waals surface area (Å²) in [6.45, 7) is 2.43. The molecule has 1 rings (SSSR count). The van der Waals surface area contributed by atoms with Crippen molar-refractivity contribution in [2.75, 3.05) is 33.3 Å². The first-order valence-corrected chi connectivity index (χ1v) is 6.74. The molecule has 0 radical (unpaired) electrons. The van der Waals surface area contributed by atoms with Crippen LogP contribution < -0.4 is 16.4 Å². The lowest BCUT2D eigenvalue weighted by molar-refractivity contribution is -0.139. The minimum absolute atomic E-state index is 0.0409. The lowest BCUT2D eigenvalue weighted by atomic mass is 10.1. The summed E-state index contributed by atoms with van der Waals surface area (Å²) in [7, 11) is 1.96. The Morgan fingerprint density at radius 2 is 2.19 bits per heavy atom. The van der Waals surface area contributed by atoms with Gasteiger partial charge in [0.05, 0.1) is 12.7 Å². The number of aliphatic carboxylic acids is 1. The average molecular weight is 302 g/mol. The van der Waals surface area contributed by atoms with Crippen LogP contribution in [0.25, 0.3) is 0 Å². The SMILES string of the molecule is CN1CCOC(CNC(=O)NC(CCC(N)=O)C(=O)O)C1. The number of amides is 3. The van der Waals surface area contributed by atoms with Gasteiger partial charge in [-0.3, -0.25) is 4.79 Å². The van der Waals surface area contributed by atoms with Crippen molar-refractivity contribution in [3.63, 3.8) is 0 Å². The molecule has 0 aromatic carbocycles. The molecule has 0 bridgehead atoms. The molecule has 0 aromatic heterocycles. The normalized spacial score (nSPS) is 20.5. The Hall–Kier alpha value is -1.87. The number of likely N-dealkylation sites (N-methyl/N-ethyl adjacent to an activating group) is 1. The quantitative estimate of drug-likeness (QED) is 0.444.